The zero-order chi connectivity index (χ0) is 23.9. The zero-order valence-electron chi connectivity index (χ0n) is 19.6. The van der Waals surface area contributed by atoms with Crippen LogP contribution >= 0.6 is 0 Å². The maximum atomic E-state index is 13.1. The molecule has 0 spiro atoms. The normalized spacial score (nSPS) is 28.9. The number of benzene rings is 1. The van der Waals surface area contributed by atoms with Crippen LogP contribution in [0.2, 0.25) is 0 Å². The Morgan fingerprint density at radius 2 is 1.47 bits per heavy atom. The lowest BCUT2D eigenvalue weighted by Gasteiger charge is -2.55. The summed E-state index contributed by atoms with van der Waals surface area (Å²) in [6.07, 6.45) is 10.7. The predicted octanol–water partition coefficient (Wildman–Crippen LogP) is 4.83. The van der Waals surface area contributed by atoms with Crippen LogP contribution in [0.3, 0.4) is 0 Å². The van der Waals surface area contributed by atoms with Gasteiger partial charge in [-0.15, -0.1) is 0 Å². The Morgan fingerprint density at radius 1 is 0.882 bits per heavy atom. The van der Waals surface area contributed by atoms with Crippen LogP contribution in [-0.4, -0.2) is 45.9 Å². The highest BCUT2D eigenvalue weighted by Crippen LogP contribution is 2.57. The third kappa shape index (κ3) is 4.49. The first-order chi connectivity index (χ1) is 16.3. The molecule has 1 heterocycles. The number of hydrogen-bond acceptors (Lipinski definition) is 5. The van der Waals surface area contributed by atoms with Crippen LogP contribution in [0.1, 0.15) is 108 Å². The summed E-state index contributed by atoms with van der Waals surface area (Å²) in [5, 5.41) is 8.68. The second-order valence-corrected chi connectivity index (χ2v) is 10.9. The van der Waals surface area contributed by atoms with E-state index in [4.69, 9.17) is 9.84 Å². The largest absolute Gasteiger partial charge is 0.481 e. The maximum absolute atomic E-state index is 13.1. The topological polar surface area (TPSA) is 101 Å². The van der Waals surface area contributed by atoms with Crippen molar-refractivity contribution in [3.05, 3.63) is 34.9 Å². The van der Waals surface area contributed by atoms with Gasteiger partial charge < -0.3 is 9.84 Å². The Morgan fingerprint density at radius 3 is 2.12 bits per heavy atom. The smallest absolute Gasteiger partial charge is 0.338 e. The van der Waals surface area contributed by atoms with Gasteiger partial charge in [0.2, 0.25) is 0 Å². The van der Waals surface area contributed by atoms with Crippen molar-refractivity contribution in [3.8, 4) is 0 Å². The second kappa shape index (κ2) is 9.16. The molecular formula is C27H33NO6. The molecule has 0 atom stereocenters. The van der Waals surface area contributed by atoms with Crippen molar-refractivity contribution in [2.24, 2.45) is 17.8 Å². The van der Waals surface area contributed by atoms with Crippen LogP contribution in [0.25, 0.3) is 0 Å². The summed E-state index contributed by atoms with van der Waals surface area (Å²) in [5.41, 5.74) is 0.626. The zero-order valence-corrected chi connectivity index (χ0v) is 19.6. The molecular weight excluding hydrogens is 434 g/mol. The molecule has 6 rings (SSSR count). The second-order valence-electron chi connectivity index (χ2n) is 10.9. The van der Waals surface area contributed by atoms with Gasteiger partial charge in [0.05, 0.1) is 16.7 Å². The van der Waals surface area contributed by atoms with Crippen molar-refractivity contribution in [2.45, 2.75) is 82.7 Å². The number of amides is 2. The fourth-order valence-electron chi connectivity index (χ4n) is 7.11. The van der Waals surface area contributed by atoms with Crippen molar-refractivity contribution in [2.75, 3.05) is 6.54 Å². The minimum Gasteiger partial charge on any atom is -0.481 e. The van der Waals surface area contributed by atoms with Crippen molar-refractivity contribution in [3.63, 3.8) is 0 Å². The van der Waals surface area contributed by atoms with E-state index < -0.39 is 5.97 Å². The fourth-order valence-corrected chi connectivity index (χ4v) is 7.11. The molecule has 0 aromatic heterocycles. The van der Waals surface area contributed by atoms with Gasteiger partial charge in [0.15, 0.2) is 0 Å². The predicted molar refractivity (Wildman–Crippen MR) is 123 cm³/mol. The van der Waals surface area contributed by atoms with E-state index in [0.717, 1.165) is 38.5 Å². The summed E-state index contributed by atoms with van der Waals surface area (Å²) in [6.45, 7) is 0.332. The van der Waals surface area contributed by atoms with Crippen LogP contribution < -0.4 is 0 Å². The SMILES string of the molecule is O=C(O)CCCCCCCN1C(=O)c2ccc(C(=O)OC34CC5CC(CC(C5)C3)C4)cc2C1=O. The first-order valence-electron chi connectivity index (χ1n) is 12.8. The molecule has 5 aliphatic rings. The number of rotatable bonds is 10. The van der Waals surface area contributed by atoms with Crippen molar-refractivity contribution in [1.82, 2.24) is 4.90 Å². The summed E-state index contributed by atoms with van der Waals surface area (Å²) in [5.74, 6) is 0.177. The molecule has 1 aromatic rings. The van der Waals surface area contributed by atoms with Gasteiger partial charge in [0.1, 0.15) is 5.60 Å². The Balaban J connectivity index is 1.18. The van der Waals surface area contributed by atoms with E-state index in [-0.39, 0.29) is 35.4 Å². The summed E-state index contributed by atoms with van der Waals surface area (Å²) in [7, 11) is 0. The standard InChI is InChI=1S/C27H33NO6/c29-23(30)6-4-2-1-3-5-9-28-24(31)21-8-7-20(13-22(21)25(28)32)26(33)34-27-14-17-10-18(15-27)12-19(11-17)16-27/h7-8,13,17-19H,1-6,9-12,14-16H2,(H,29,30). The molecule has 182 valence electrons. The quantitative estimate of drug-likeness (QED) is 0.300. The molecule has 0 radical (unpaired) electrons. The first kappa shape index (κ1) is 23.1. The van der Waals surface area contributed by atoms with Crippen LogP contribution in [-0.2, 0) is 9.53 Å². The number of unbranched alkanes of at least 4 members (excludes halogenated alkanes) is 4. The van der Waals surface area contributed by atoms with E-state index in [2.05, 4.69) is 0 Å². The van der Waals surface area contributed by atoms with Gasteiger partial charge >= 0.3 is 11.9 Å². The summed E-state index contributed by atoms with van der Waals surface area (Å²) < 4.78 is 6.13. The number of carbonyl (C=O) groups excluding carboxylic acids is 3. The van der Waals surface area contributed by atoms with Crippen LogP contribution in [0.5, 0.6) is 0 Å². The molecule has 4 saturated carbocycles. The number of nitrogens with zero attached hydrogens (tertiary/aromatic N) is 1. The molecule has 2 amide bonds. The Bertz CT molecular complexity index is 979. The molecule has 7 nitrogen and oxygen atoms in total. The lowest BCUT2D eigenvalue weighted by Crippen LogP contribution is -2.52. The van der Waals surface area contributed by atoms with Crippen molar-refractivity contribution >= 4 is 23.8 Å². The molecule has 1 N–H and O–H groups in total. The van der Waals surface area contributed by atoms with Crippen molar-refractivity contribution in [1.29, 1.82) is 0 Å². The molecule has 4 fully saturated rings. The Hall–Kier alpha value is -2.70. The minimum atomic E-state index is -0.785. The maximum Gasteiger partial charge on any atom is 0.338 e. The monoisotopic (exact) mass is 467 g/mol. The van der Waals surface area contributed by atoms with E-state index in [1.54, 1.807) is 12.1 Å². The number of esters is 1. The number of aliphatic carboxylic acids is 1. The van der Waals surface area contributed by atoms with Gasteiger partial charge in [-0.25, -0.2) is 4.79 Å². The van der Waals surface area contributed by atoms with Crippen LogP contribution in [0, 0.1) is 17.8 Å². The van der Waals surface area contributed by atoms with E-state index >= 15 is 0 Å². The lowest BCUT2D eigenvalue weighted by atomic mass is 9.54. The van der Waals surface area contributed by atoms with Crippen LogP contribution in [0.15, 0.2) is 18.2 Å². The average Bonchev–Trinajstić information content (AvgIpc) is 3.01. The molecule has 1 aromatic carbocycles. The summed E-state index contributed by atoms with van der Waals surface area (Å²) in [6, 6.07) is 4.72. The fraction of sp³-hybridized carbons (Fsp3) is 0.630. The number of ether oxygens (including phenoxy) is 1. The molecule has 34 heavy (non-hydrogen) atoms. The lowest BCUT2D eigenvalue weighted by molar-refractivity contribution is -0.137. The number of carbonyl (C=O) groups is 4. The minimum absolute atomic E-state index is 0.173. The Labute approximate surface area is 199 Å². The molecule has 7 heteroatoms. The molecule has 1 aliphatic heterocycles. The highest BCUT2D eigenvalue weighted by Gasteiger charge is 2.53. The third-order valence-corrected chi connectivity index (χ3v) is 8.27. The highest BCUT2D eigenvalue weighted by atomic mass is 16.6. The summed E-state index contributed by atoms with van der Waals surface area (Å²) in [4.78, 5) is 50.6. The van der Waals surface area contributed by atoms with E-state index in [1.165, 1.54) is 30.2 Å². The highest BCUT2D eigenvalue weighted by molar-refractivity contribution is 6.21. The molecule has 4 aliphatic carbocycles. The van der Waals surface area contributed by atoms with Gasteiger partial charge in [-0.2, -0.15) is 0 Å². The average molecular weight is 468 g/mol. The van der Waals surface area contributed by atoms with Gasteiger partial charge in [-0.3, -0.25) is 19.3 Å². The van der Waals surface area contributed by atoms with Gasteiger partial charge in [0.25, 0.3) is 11.8 Å². The van der Waals surface area contributed by atoms with E-state index in [9.17, 15) is 19.2 Å². The number of fused-ring (bicyclic) bond motifs is 1. The molecule has 0 saturated heterocycles. The van der Waals surface area contributed by atoms with Gasteiger partial charge in [0, 0.05) is 13.0 Å². The van der Waals surface area contributed by atoms with E-state index in [1.807, 2.05) is 0 Å². The number of carboxylic acids is 1. The Kier molecular flexibility index (Phi) is 6.21. The molecule has 0 unspecified atom stereocenters. The number of hydrogen-bond donors (Lipinski definition) is 1. The number of carboxylic acid groups (broad SMARTS) is 1. The van der Waals surface area contributed by atoms with Gasteiger partial charge in [-0.1, -0.05) is 19.3 Å². The van der Waals surface area contributed by atoms with Gasteiger partial charge in [-0.05, 0) is 87.3 Å². The third-order valence-electron chi connectivity index (χ3n) is 8.27. The molecule has 4 bridgehead atoms. The van der Waals surface area contributed by atoms with Crippen molar-refractivity contribution < 1.29 is 29.0 Å². The van der Waals surface area contributed by atoms with E-state index in [0.29, 0.717) is 48.3 Å². The van der Waals surface area contributed by atoms with Crippen LogP contribution in [0.4, 0.5) is 0 Å². The number of imide groups is 1. The summed E-state index contributed by atoms with van der Waals surface area (Å²) >= 11 is 0. The first-order valence-corrected chi connectivity index (χ1v) is 12.8.